The Bertz CT molecular complexity index is 1380. The molecule has 0 fully saturated rings. The minimum atomic E-state index is -0.541. The number of hydrogen-bond acceptors (Lipinski definition) is 4. The lowest BCUT2D eigenvalue weighted by Gasteiger charge is -2.22. The summed E-state index contributed by atoms with van der Waals surface area (Å²) in [6.45, 7) is 3.87. The highest BCUT2D eigenvalue weighted by Crippen LogP contribution is 2.23. The van der Waals surface area contributed by atoms with Gasteiger partial charge >= 0.3 is 6.09 Å². The lowest BCUT2D eigenvalue weighted by atomic mass is 10.1. The Kier molecular flexibility index (Phi) is 11.7. The van der Waals surface area contributed by atoms with Crippen LogP contribution in [0.25, 0.3) is 10.8 Å². The fourth-order valence-electron chi connectivity index (χ4n) is 4.14. The van der Waals surface area contributed by atoms with Crippen LogP contribution in [0.5, 0.6) is 0 Å². The van der Waals surface area contributed by atoms with Gasteiger partial charge in [0, 0.05) is 24.0 Å². The molecule has 0 spiro atoms. The number of pyridine rings is 1. The third-order valence-corrected chi connectivity index (χ3v) is 6.31. The number of ether oxygens (including phenoxy) is 2. The molecule has 0 aliphatic carbocycles. The first-order chi connectivity index (χ1) is 18.5. The van der Waals surface area contributed by atoms with Crippen LogP contribution in [0.15, 0.2) is 95.7 Å². The highest BCUT2D eigenvalue weighted by Gasteiger charge is 2.21. The van der Waals surface area contributed by atoms with Crippen LogP contribution < -0.4 is 27.2 Å². The number of nitrogens with zero attached hydrogens (tertiary/aromatic N) is 2. The van der Waals surface area contributed by atoms with Crippen LogP contribution in [0, 0.1) is 0 Å². The number of anilines is 2. The minimum Gasteiger partial charge on any atom is -1.00 e. The molecule has 0 aliphatic heterocycles. The molecule has 2 amide bonds. The number of rotatable bonds is 11. The summed E-state index contributed by atoms with van der Waals surface area (Å²) in [7, 11) is 0. The third kappa shape index (κ3) is 8.51. The Hall–Kier alpha value is -3.46. The van der Waals surface area contributed by atoms with E-state index in [-0.39, 0.29) is 38.1 Å². The van der Waals surface area contributed by atoms with Crippen molar-refractivity contribution >= 4 is 50.1 Å². The molecule has 3 aromatic carbocycles. The van der Waals surface area contributed by atoms with E-state index in [0.29, 0.717) is 17.8 Å². The van der Waals surface area contributed by atoms with Gasteiger partial charge in [0.05, 0.1) is 23.4 Å². The minimum absolute atomic E-state index is 0. The summed E-state index contributed by atoms with van der Waals surface area (Å²) >= 11 is 3.52. The number of nitrogens with one attached hydrogen (secondary N) is 1. The van der Waals surface area contributed by atoms with Gasteiger partial charge in [0.2, 0.25) is 0 Å². The van der Waals surface area contributed by atoms with E-state index in [1.807, 2.05) is 95.8 Å². The van der Waals surface area contributed by atoms with Crippen LogP contribution in [0.3, 0.4) is 0 Å². The number of halogens is 2. The maximum Gasteiger partial charge on any atom is 0.411 e. The molecular weight excluding hydrogens is 582 g/mol. The molecule has 0 saturated heterocycles. The van der Waals surface area contributed by atoms with Crippen LogP contribution in [0.4, 0.5) is 16.2 Å². The van der Waals surface area contributed by atoms with Crippen LogP contribution in [0.2, 0.25) is 0 Å². The smallest absolute Gasteiger partial charge is 0.411 e. The van der Waals surface area contributed by atoms with E-state index >= 15 is 0 Å². The van der Waals surface area contributed by atoms with Crippen molar-refractivity contribution in [3.63, 3.8) is 0 Å². The highest BCUT2D eigenvalue weighted by molar-refractivity contribution is 9.10. The molecule has 7 nitrogen and oxygen atoms in total. The normalized spacial score (nSPS) is 10.5. The van der Waals surface area contributed by atoms with E-state index in [0.717, 1.165) is 33.9 Å². The van der Waals surface area contributed by atoms with Gasteiger partial charge in [0.25, 0.3) is 5.91 Å². The molecule has 1 heterocycles. The fourth-order valence-corrected chi connectivity index (χ4v) is 4.65. The molecule has 0 saturated carbocycles. The number of para-hydroxylation sites is 1. The van der Waals surface area contributed by atoms with Gasteiger partial charge in [-0.15, -0.1) is 0 Å². The molecule has 204 valence electrons. The number of benzene rings is 3. The summed E-state index contributed by atoms with van der Waals surface area (Å²) in [5, 5.41) is 4.77. The fraction of sp³-hybridized carbons (Fsp3) is 0.233. The van der Waals surface area contributed by atoms with Crippen LogP contribution >= 0.6 is 15.9 Å². The molecule has 1 aromatic heterocycles. The summed E-state index contributed by atoms with van der Waals surface area (Å²) in [6.07, 6.45) is 4.26. The molecule has 39 heavy (non-hydrogen) atoms. The highest BCUT2D eigenvalue weighted by atomic mass is 79.9. The monoisotopic (exact) mass is 611 g/mol. The maximum atomic E-state index is 13.5. The zero-order valence-corrected chi connectivity index (χ0v) is 24.0. The molecular formula is C30H31BrClN3O4. The average molecular weight is 613 g/mol. The van der Waals surface area contributed by atoms with Crippen molar-refractivity contribution in [2.45, 2.75) is 19.9 Å². The summed E-state index contributed by atoms with van der Waals surface area (Å²) in [6, 6.07) is 24.9. The maximum absolute atomic E-state index is 13.5. The Balaban J connectivity index is 0.00000420. The zero-order valence-electron chi connectivity index (χ0n) is 21.7. The Morgan fingerprint density at radius 1 is 0.923 bits per heavy atom. The number of aryl methyl sites for hydroxylation is 1. The second-order valence-electron chi connectivity index (χ2n) is 8.67. The van der Waals surface area contributed by atoms with E-state index in [4.69, 9.17) is 9.47 Å². The van der Waals surface area contributed by atoms with Crippen molar-refractivity contribution in [3.05, 3.63) is 101 Å². The van der Waals surface area contributed by atoms with Crippen LogP contribution in [0.1, 0.15) is 23.7 Å². The number of fused-ring (bicyclic) bond motifs is 1. The first-order valence-electron chi connectivity index (χ1n) is 12.6. The van der Waals surface area contributed by atoms with Crippen LogP contribution in [-0.4, -0.2) is 38.4 Å². The summed E-state index contributed by atoms with van der Waals surface area (Å²) in [5.41, 5.74) is 2.07. The van der Waals surface area contributed by atoms with E-state index in [1.165, 1.54) is 0 Å². The Labute approximate surface area is 243 Å². The van der Waals surface area contributed by atoms with Gasteiger partial charge in [0.15, 0.2) is 12.4 Å². The lowest BCUT2D eigenvalue weighted by Crippen LogP contribution is -3.00. The zero-order chi connectivity index (χ0) is 26.7. The molecule has 1 N–H and O–H groups in total. The van der Waals surface area contributed by atoms with Crippen molar-refractivity contribution in [2.75, 3.05) is 36.6 Å². The standard InChI is InChI=1S/C30H30BrN3O4.ClH/c1-2-15-33-21-24(20-25(31)22-33)29(35)34(26-11-4-3-5-12-26)16-17-37-18-19-38-30(36)32-28-14-8-10-23-9-6-7-13-27(23)28;/h3-14,20-22H,2,15-19H2,1H3;1H. The second kappa shape index (κ2) is 15.2. The predicted octanol–water partition coefficient (Wildman–Crippen LogP) is 3.22. The molecule has 0 atom stereocenters. The van der Waals surface area contributed by atoms with Crippen molar-refractivity contribution in [3.8, 4) is 0 Å². The third-order valence-electron chi connectivity index (χ3n) is 5.88. The molecule has 0 aliphatic rings. The summed E-state index contributed by atoms with van der Waals surface area (Å²) in [4.78, 5) is 27.5. The van der Waals surface area contributed by atoms with Gasteiger partial charge in [-0.2, -0.15) is 0 Å². The summed E-state index contributed by atoms with van der Waals surface area (Å²) in [5.74, 6) is -0.114. The Morgan fingerprint density at radius 2 is 1.67 bits per heavy atom. The molecule has 0 radical (unpaired) electrons. The Morgan fingerprint density at radius 3 is 2.46 bits per heavy atom. The van der Waals surface area contributed by atoms with Crippen molar-refractivity contribution in [1.82, 2.24) is 0 Å². The van der Waals surface area contributed by atoms with Gasteiger partial charge in [0.1, 0.15) is 18.7 Å². The SMILES string of the molecule is CCC[n+]1cc(Br)cc(C(=O)N(CCOCCOC(=O)Nc2cccc3ccccc23)c2ccccc2)c1.[Cl-]. The molecule has 0 unspecified atom stereocenters. The van der Waals surface area contributed by atoms with Gasteiger partial charge in [-0.25, -0.2) is 9.36 Å². The van der Waals surface area contributed by atoms with E-state index in [1.54, 1.807) is 4.90 Å². The largest absolute Gasteiger partial charge is 1.00 e. The van der Waals surface area contributed by atoms with Crippen molar-refractivity contribution in [1.29, 1.82) is 0 Å². The topological polar surface area (TPSA) is 71.8 Å². The molecule has 0 bridgehead atoms. The summed E-state index contributed by atoms with van der Waals surface area (Å²) < 4.78 is 13.9. The number of carbonyl (C=O) groups excluding carboxylic acids is 2. The van der Waals surface area contributed by atoms with Gasteiger partial charge in [-0.1, -0.05) is 61.5 Å². The average Bonchev–Trinajstić information content (AvgIpc) is 2.93. The predicted molar refractivity (Wildman–Crippen MR) is 152 cm³/mol. The number of carbonyl (C=O) groups is 2. The number of aromatic nitrogens is 1. The van der Waals surface area contributed by atoms with Crippen molar-refractivity contribution < 1.29 is 36.0 Å². The molecule has 4 rings (SSSR count). The van der Waals surface area contributed by atoms with E-state index in [2.05, 4.69) is 28.2 Å². The van der Waals surface area contributed by atoms with Gasteiger partial charge in [-0.3, -0.25) is 10.1 Å². The van der Waals surface area contributed by atoms with Gasteiger partial charge < -0.3 is 26.8 Å². The van der Waals surface area contributed by atoms with Crippen LogP contribution in [-0.2, 0) is 16.0 Å². The number of hydrogen-bond donors (Lipinski definition) is 1. The van der Waals surface area contributed by atoms with E-state index in [9.17, 15) is 9.59 Å². The van der Waals surface area contributed by atoms with E-state index < -0.39 is 6.09 Å². The lowest BCUT2D eigenvalue weighted by molar-refractivity contribution is -0.697. The molecule has 9 heteroatoms. The first-order valence-corrected chi connectivity index (χ1v) is 13.4. The quantitative estimate of drug-likeness (QED) is 0.209. The second-order valence-corrected chi connectivity index (χ2v) is 9.59. The number of amides is 2. The first kappa shape index (κ1) is 30.1. The van der Waals surface area contributed by atoms with Gasteiger partial charge in [-0.05, 0) is 45.6 Å². The molecule has 4 aromatic rings. The van der Waals surface area contributed by atoms with Crippen molar-refractivity contribution in [2.24, 2.45) is 0 Å².